The summed E-state index contributed by atoms with van der Waals surface area (Å²) in [6.45, 7) is -0.452. The molecule has 0 amide bonds. The summed E-state index contributed by atoms with van der Waals surface area (Å²) in [6.07, 6.45) is -2.47. The van der Waals surface area contributed by atoms with E-state index in [0.29, 0.717) is 17.2 Å². The fraction of sp³-hybridized carbons (Fsp3) is 0.636. The van der Waals surface area contributed by atoms with Crippen LogP contribution in [0, 0.1) is 0 Å². The number of phosphoric acid groups is 3. The highest BCUT2D eigenvalue weighted by atomic mass is 33.1. The second-order valence-corrected chi connectivity index (χ2v) is 13.1. The van der Waals surface area contributed by atoms with Gasteiger partial charge < -0.3 is 40.9 Å². The first-order valence-electron chi connectivity index (χ1n) is 8.62. The smallest absolute Gasteiger partial charge is 0.390 e. The largest absolute Gasteiger partial charge is 0.490 e. The van der Waals surface area contributed by atoms with Crippen molar-refractivity contribution < 1.29 is 56.3 Å². The lowest BCUT2D eigenvalue weighted by Crippen LogP contribution is -2.29. The molecule has 1 aromatic heterocycles. The van der Waals surface area contributed by atoms with Crippen LogP contribution in [0.3, 0.4) is 0 Å². The monoisotopic (exact) mass is 574 g/mol. The first kappa shape index (κ1) is 28.9. The van der Waals surface area contributed by atoms with Crippen molar-refractivity contribution in [3.8, 4) is 0 Å². The van der Waals surface area contributed by atoms with E-state index in [0.717, 1.165) is 4.57 Å². The first-order valence-corrected chi connectivity index (χ1v) is 15.5. The summed E-state index contributed by atoms with van der Waals surface area (Å²) >= 11 is 0. The Bertz CT molecular complexity index is 1040. The zero-order valence-corrected chi connectivity index (χ0v) is 20.7. The topological polar surface area (TPSA) is 276 Å². The first-order chi connectivity index (χ1) is 15.1. The number of nitrogens with two attached hydrogens (primary N) is 2. The summed E-state index contributed by atoms with van der Waals surface area (Å²) in [5.74, 6) is 0.582. The summed E-state index contributed by atoms with van der Waals surface area (Å²) in [4.78, 5) is 52.0. The van der Waals surface area contributed by atoms with E-state index in [1.807, 2.05) is 0 Å². The number of aromatic nitrogens is 2. The molecular weight excluding hydrogens is 553 g/mol. The quantitative estimate of drug-likeness (QED) is 0.0942. The molecule has 1 fully saturated rings. The number of rotatable bonds is 12. The lowest BCUT2D eigenvalue weighted by molar-refractivity contribution is -0.0451. The summed E-state index contributed by atoms with van der Waals surface area (Å²) in [5, 5.41) is 10.2. The molecule has 0 bridgehead atoms. The Morgan fingerprint density at radius 2 is 1.88 bits per heavy atom. The predicted molar refractivity (Wildman–Crippen MR) is 115 cm³/mol. The summed E-state index contributed by atoms with van der Waals surface area (Å²) in [5.41, 5.74) is 10.4. The zero-order chi connectivity index (χ0) is 25.0. The molecular formula is C11H21N4O13P3S2. The van der Waals surface area contributed by atoms with E-state index in [2.05, 4.69) is 18.1 Å². The van der Waals surface area contributed by atoms with Gasteiger partial charge in [0, 0.05) is 24.9 Å². The molecule has 17 nitrogen and oxygen atoms in total. The van der Waals surface area contributed by atoms with E-state index >= 15 is 0 Å². The van der Waals surface area contributed by atoms with Gasteiger partial charge in [0.25, 0.3) is 0 Å². The van der Waals surface area contributed by atoms with Gasteiger partial charge in [-0.3, -0.25) is 9.09 Å². The Kier molecular flexibility index (Phi) is 10.2. The van der Waals surface area contributed by atoms with Crippen LogP contribution in [-0.4, -0.2) is 65.3 Å². The molecule has 2 rings (SSSR count). The molecule has 22 heteroatoms. The van der Waals surface area contributed by atoms with Gasteiger partial charge in [0.1, 0.15) is 18.1 Å². The van der Waals surface area contributed by atoms with Crippen LogP contribution in [0.5, 0.6) is 0 Å². The van der Waals surface area contributed by atoms with Crippen molar-refractivity contribution in [3.63, 3.8) is 0 Å². The highest BCUT2D eigenvalue weighted by Gasteiger charge is 2.43. The molecule has 2 heterocycles. The van der Waals surface area contributed by atoms with Crippen molar-refractivity contribution in [2.75, 3.05) is 24.6 Å². The summed E-state index contributed by atoms with van der Waals surface area (Å²) < 4.78 is 51.9. The maximum Gasteiger partial charge on any atom is 0.490 e. The molecule has 2 unspecified atom stereocenters. The zero-order valence-electron chi connectivity index (χ0n) is 16.3. The average molecular weight is 574 g/mol. The standard InChI is InChI=1S/C11H21N4O13P3S2/c12-1-2-32-33-8-4-15(11(17)14-10(8)13)9-3-6(16)7(26-9)5-25-30(21,22)28-31(23,24)27-29(18,19)20/h4,6-7,9,16H,1-3,5,12H2,(H,21,22)(H,23,24)(H2,13,14,17)(H2,18,19,20)/t6-,7+,9+/m0/s1. The van der Waals surface area contributed by atoms with Crippen LogP contribution in [0.2, 0.25) is 0 Å². The van der Waals surface area contributed by atoms with Crippen LogP contribution in [0.15, 0.2) is 15.9 Å². The Morgan fingerprint density at radius 1 is 1.21 bits per heavy atom. The molecule has 0 aliphatic carbocycles. The van der Waals surface area contributed by atoms with Crippen molar-refractivity contribution in [2.24, 2.45) is 5.73 Å². The van der Waals surface area contributed by atoms with Gasteiger partial charge in [-0.1, -0.05) is 21.6 Å². The third-order valence-corrected chi connectivity index (χ3v) is 9.84. The minimum atomic E-state index is -5.68. The van der Waals surface area contributed by atoms with Gasteiger partial charge in [0.15, 0.2) is 0 Å². The van der Waals surface area contributed by atoms with Crippen LogP contribution in [0.1, 0.15) is 12.6 Å². The number of hydrogen-bond donors (Lipinski definition) is 7. The number of anilines is 1. The second-order valence-electron chi connectivity index (χ2n) is 6.19. The SMILES string of the molecule is NCCSSc1cn([C@H]2C[C@H](O)[C@@H](COP(=O)(O)OP(=O)(O)OP(=O)(O)O)O2)c(=O)nc1N. The third kappa shape index (κ3) is 9.33. The van der Waals surface area contributed by atoms with Gasteiger partial charge in [-0.25, -0.2) is 18.5 Å². The lowest BCUT2D eigenvalue weighted by atomic mass is 10.2. The number of hydrogen-bond acceptors (Lipinski definition) is 14. The van der Waals surface area contributed by atoms with Crippen LogP contribution < -0.4 is 17.2 Å². The van der Waals surface area contributed by atoms with Gasteiger partial charge in [0.05, 0.1) is 17.6 Å². The van der Waals surface area contributed by atoms with Crippen molar-refractivity contribution in [1.29, 1.82) is 0 Å². The van der Waals surface area contributed by atoms with E-state index in [-0.39, 0.29) is 12.2 Å². The molecule has 1 aliphatic heterocycles. The fourth-order valence-electron chi connectivity index (χ4n) is 2.39. The Labute approximate surface area is 193 Å². The summed E-state index contributed by atoms with van der Waals surface area (Å²) in [7, 11) is -14.0. The minimum Gasteiger partial charge on any atom is -0.390 e. The average Bonchev–Trinajstić information content (AvgIpc) is 2.99. The Morgan fingerprint density at radius 3 is 2.48 bits per heavy atom. The van der Waals surface area contributed by atoms with Gasteiger partial charge >= 0.3 is 29.2 Å². The fourth-order valence-corrected chi connectivity index (χ4v) is 7.32. The number of aliphatic hydroxyl groups excluding tert-OH is 1. The van der Waals surface area contributed by atoms with Gasteiger partial charge in [-0.2, -0.15) is 13.6 Å². The molecule has 1 aromatic rings. The molecule has 9 N–H and O–H groups in total. The van der Waals surface area contributed by atoms with Crippen LogP contribution in [-0.2, 0) is 31.6 Å². The highest BCUT2D eigenvalue weighted by Crippen LogP contribution is 2.66. The maximum absolute atomic E-state index is 12.2. The number of nitrogens with zero attached hydrogens (tertiary/aromatic N) is 2. The van der Waals surface area contributed by atoms with Crippen LogP contribution in [0.4, 0.5) is 5.82 Å². The molecule has 0 saturated carbocycles. The predicted octanol–water partition coefficient (Wildman–Crippen LogP) is -0.484. The van der Waals surface area contributed by atoms with Gasteiger partial charge in [-0.15, -0.1) is 0 Å². The summed E-state index contributed by atoms with van der Waals surface area (Å²) in [6, 6.07) is 0. The number of aliphatic hydroxyl groups is 1. The van der Waals surface area contributed by atoms with Crippen molar-refractivity contribution in [3.05, 3.63) is 16.7 Å². The normalized spacial score (nSPS) is 25.0. The molecule has 190 valence electrons. The Hall–Kier alpha value is -0.330. The third-order valence-electron chi connectivity index (χ3n) is 3.63. The van der Waals surface area contributed by atoms with Gasteiger partial charge in [0.2, 0.25) is 0 Å². The van der Waals surface area contributed by atoms with Crippen molar-refractivity contribution >= 4 is 50.9 Å². The van der Waals surface area contributed by atoms with E-state index in [4.69, 9.17) is 30.9 Å². The van der Waals surface area contributed by atoms with Crippen molar-refractivity contribution in [2.45, 2.75) is 29.8 Å². The molecule has 33 heavy (non-hydrogen) atoms. The number of ether oxygens (including phenoxy) is 1. The molecule has 0 radical (unpaired) electrons. The number of nitrogen functional groups attached to an aromatic ring is 1. The van der Waals surface area contributed by atoms with Crippen LogP contribution >= 0.6 is 45.1 Å². The van der Waals surface area contributed by atoms with Crippen molar-refractivity contribution in [1.82, 2.24) is 9.55 Å². The molecule has 1 aliphatic rings. The lowest BCUT2D eigenvalue weighted by Gasteiger charge is -2.19. The molecule has 1 saturated heterocycles. The van der Waals surface area contributed by atoms with E-state index in [9.17, 15) is 28.5 Å². The highest BCUT2D eigenvalue weighted by molar-refractivity contribution is 8.76. The van der Waals surface area contributed by atoms with E-state index in [1.54, 1.807) is 0 Å². The number of phosphoric ester groups is 1. The van der Waals surface area contributed by atoms with E-state index in [1.165, 1.54) is 27.8 Å². The minimum absolute atomic E-state index is 0.0199. The van der Waals surface area contributed by atoms with Crippen LogP contribution in [0.25, 0.3) is 0 Å². The second kappa shape index (κ2) is 11.6. The molecule has 5 atom stereocenters. The Balaban J connectivity index is 2.04. The molecule has 0 spiro atoms. The van der Waals surface area contributed by atoms with Gasteiger partial charge in [-0.05, 0) is 0 Å². The maximum atomic E-state index is 12.2. The van der Waals surface area contributed by atoms with E-state index < -0.39 is 54.2 Å². The molecule has 0 aromatic carbocycles.